The molecule has 0 heterocycles. The lowest BCUT2D eigenvalue weighted by atomic mass is 10.0. The maximum atomic E-state index is 10.8. The summed E-state index contributed by atoms with van der Waals surface area (Å²) in [6.07, 6.45) is 3.42. The van der Waals surface area contributed by atoms with E-state index in [9.17, 15) is 4.79 Å². The highest BCUT2D eigenvalue weighted by Gasteiger charge is 2.45. The van der Waals surface area contributed by atoms with E-state index in [1.807, 2.05) is 7.05 Å². The van der Waals surface area contributed by atoms with Crippen LogP contribution in [0.2, 0.25) is 0 Å². The molecule has 0 bridgehead atoms. The molecule has 0 atom stereocenters. The van der Waals surface area contributed by atoms with Crippen molar-refractivity contribution in [2.45, 2.75) is 32.6 Å². The third kappa shape index (κ3) is 3.03. The Morgan fingerprint density at radius 2 is 1.94 bits per heavy atom. The van der Waals surface area contributed by atoms with Crippen molar-refractivity contribution in [2.24, 2.45) is 5.41 Å². The number of carboxylic acids is 1. The van der Waals surface area contributed by atoms with Crippen molar-refractivity contribution in [1.82, 2.24) is 0 Å². The van der Waals surface area contributed by atoms with E-state index in [-0.39, 0.29) is 5.41 Å². The second-order valence-corrected chi connectivity index (χ2v) is 5.45. The van der Waals surface area contributed by atoms with Crippen molar-refractivity contribution in [3.05, 3.63) is 29.8 Å². The Labute approximate surface area is 108 Å². The molecule has 1 saturated carbocycles. The highest BCUT2D eigenvalue weighted by atomic mass is 16.4. The van der Waals surface area contributed by atoms with Crippen LogP contribution in [0.25, 0.3) is 0 Å². The summed E-state index contributed by atoms with van der Waals surface area (Å²) in [5.74, 6) is -0.678. The molecule has 0 amide bonds. The second-order valence-electron chi connectivity index (χ2n) is 5.45. The van der Waals surface area contributed by atoms with Gasteiger partial charge in [-0.3, -0.25) is 4.79 Å². The lowest BCUT2D eigenvalue weighted by Crippen LogP contribution is -2.28. The molecule has 1 N–H and O–H groups in total. The number of anilines is 1. The molecule has 0 aromatic heterocycles. The van der Waals surface area contributed by atoms with E-state index in [1.54, 1.807) is 0 Å². The predicted octanol–water partition coefficient (Wildman–Crippen LogP) is 2.94. The summed E-state index contributed by atoms with van der Waals surface area (Å²) in [6, 6.07) is 8.52. The normalized spacial score (nSPS) is 16.3. The quantitative estimate of drug-likeness (QED) is 0.840. The number of hydrogen-bond acceptors (Lipinski definition) is 2. The Kier molecular flexibility index (Phi) is 3.60. The van der Waals surface area contributed by atoms with Gasteiger partial charge in [-0.15, -0.1) is 0 Å². The zero-order valence-corrected chi connectivity index (χ0v) is 11.1. The van der Waals surface area contributed by atoms with Gasteiger partial charge in [-0.1, -0.05) is 19.1 Å². The number of carbonyl (C=O) groups is 1. The Hall–Kier alpha value is -1.51. The average Bonchev–Trinajstić information content (AvgIpc) is 3.07. The van der Waals surface area contributed by atoms with Gasteiger partial charge in [-0.2, -0.15) is 0 Å². The summed E-state index contributed by atoms with van der Waals surface area (Å²) in [4.78, 5) is 13.0. The first-order valence-electron chi connectivity index (χ1n) is 6.56. The smallest absolute Gasteiger partial charge is 0.303 e. The van der Waals surface area contributed by atoms with Gasteiger partial charge in [0.05, 0.1) is 6.42 Å². The Balaban J connectivity index is 1.98. The molecule has 0 spiro atoms. The molecule has 0 radical (unpaired) electrons. The van der Waals surface area contributed by atoms with Gasteiger partial charge in [0.15, 0.2) is 0 Å². The summed E-state index contributed by atoms with van der Waals surface area (Å²) in [5, 5.41) is 8.92. The highest BCUT2D eigenvalue weighted by molar-refractivity contribution is 5.68. The van der Waals surface area contributed by atoms with Gasteiger partial charge < -0.3 is 10.0 Å². The molecular formula is C15H21NO2. The minimum Gasteiger partial charge on any atom is -0.481 e. The summed E-state index contributed by atoms with van der Waals surface area (Å²) in [7, 11) is 2.04. The topological polar surface area (TPSA) is 40.5 Å². The largest absolute Gasteiger partial charge is 0.481 e. The fourth-order valence-electron chi connectivity index (χ4n) is 2.47. The number of nitrogens with zero attached hydrogens (tertiary/aromatic N) is 1. The maximum absolute atomic E-state index is 10.8. The number of carboxylic acid groups (broad SMARTS) is 1. The van der Waals surface area contributed by atoms with E-state index in [4.69, 9.17) is 5.11 Å². The van der Waals surface area contributed by atoms with Crippen molar-refractivity contribution in [3.8, 4) is 0 Å². The van der Waals surface area contributed by atoms with Crippen molar-refractivity contribution >= 4 is 11.7 Å². The molecule has 1 aliphatic carbocycles. The van der Waals surface area contributed by atoms with Crippen LogP contribution in [0.5, 0.6) is 0 Å². The van der Waals surface area contributed by atoms with Crippen LogP contribution in [-0.4, -0.2) is 24.7 Å². The monoisotopic (exact) mass is 247 g/mol. The molecule has 3 heteroatoms. The van der Waals surface area contributed by atoms with Crippen LogP contribution in [0.1, 0.15) is 31.7 Å². The number of aliphatic carboxylic acids is 1. The van der Waals surface area contributed by atoms with Crippen LogP contribution in [0.15, 0.2) is 24.3 Å². The minimum absolute atomic E-state index is 0.0179. The van der Waals surface area contributed by atoms with E-state index < -0.39 is 5.97 Å². The molecule has 1 aromatic rings. The number of rotatable bonds is 6. The first-order valence-corrected chi connectivity index (χ1v) is 6.56. The molecule has 0 aliphatic heterocycles. The summed E-state index contributed by atoms with van der Waals surface area (Å²) >= 11 is 0. The molecule has 1 aromatic carbocycles. The molecule has 1 aliphatic rings. The fraction of sp³-hybridized carbons (Fsp3) is 0.533. The van der Waals surface area contributed by atoms with Crippen molar-refractivity contribution in [2.75, 3.05) is 18.5 Å². The third-order valence-corrected chi connectivity index (χ3v) is 3.84. The van der Waals surface area contributed by atoms with E-state index in [0.717, 1.165) is 25.8 Å². The Morgan fingerprint density at radius 3 is 2.39 bits per heavy atom. The molecule has 2 rings (SSSR count). The zero-order valence-electron chi connectivity index (χ0n) is 11.1. The van der Waals surface area contributed by atoms with Crippen LogP contribution in [0.4, 0.5) is 5.69 Å². The van der Waals surface area contributed by atoms with Crippen molar-refractivity contribution < 1.29 is 9.90 Å². The van der Waals surface area contributed by atoms with Gasteiger partial charge >= 0.3 is 5.97 Å². The molecule has 1 fully saturated rings. The lowest BCUT2D eigenvalue weighted by Gasteiger charge is -2.24. The van der Waals surface area contributed by atoms with Crippen LogP contribution in [0.3, 0.4) is 0 Å². The summed E-state index contributed by atoms with van der Waals surface area (Å²) in [6.45, 7) is 2.98. The molecular weight excluding hydrogens is 226 g/mol. The molecule has 98 valence electrons. The minimum atomic E-state index is -0.678. The number of hydrogen-bond donors (Lipinski definition) is 1. The highest BCUT2D eigenvalue weighted by Crippen LogP contribution is 2.49. The van der Waals surface area contributed by atoms with E-state index in [1.165, 1.54) is 11.3 Å². The van der Waals surface area contributed by atoms with E-state index >= 15 is 0 Å². The lowest BCUT2D eigenvalue weighted by molar-refractivity contribution is -0.138. The first-order chi connectivity index (χ1) is 8.54. The van der Waals surface area contributed by atoms with Crippen molar-refractivity contribution in [3.63, 3.8) is 0 Å². The van der Waals surface area contributed by atoms with Crippen molar-refractivity contribution in [1.29, 1.82) is 0 Å². The summed E-state index contributed by atoms with van der Waals surface area (Å²) in [5.41, 5.74) is 2.52. The maximum Gasteiger partial charge on any atom is 0.303 e. The van der Waals surface area contributed by atoms with Gasteiger partial charge in [0.2, 0.25) is 0 Å². The predicted molar refractivity (Wildman–Crippen MR) is 73.0 cm³/mol. The fourth-order valence-corrected chi connectivity index (χ4v) is 2.47. The number of aryl methyl sites for hydroxylation is 1. The Bertz CT molecular complexity index is 421. The zero-order chi connectivity index (χ0) is 13.2. The van der Waals surface area contributed by atoms with E-state index in [0.29, 0.717) is 6.42 Å². The number of benzene rings is 1. The van der Waals surface area contributed by atoms with Crippen LogP contribution >= 0.6 is 0 Å². The second kappa shape index (κ2) is 5.01. The summed E-state index contributed by atoms with van der Waals surface area (Å²) < 4.78 is 0. The Morgan fingerprint density at radius 1 is 1.33 bits per heavy atom. The van der Waals surface area contributed by atoms with Crippen LogP contribution in [0, 0.1) is 5.41 Å². The molecule has 0 saturated heterocycles. The van der Waals surface area contributed by atoms with Crippen LogP contribution < -0.4 is 4.90 Å². The van der Waals surface area contributed by atoms with Gasteiger partial charge in [0.1, 0.15) is 0 Å². The molecule has 0 unspecified atom stereocenters. The SMILES string of the molecule is CCc1ccc(N(C)CC2(CC(=O)O)CC2)cc1. The molecule has 3 nitrogen and oxygen atoms in total. The third-order valence-electron chi connectivity index (χ3n) is 3.84. The standard InChI is InChI=1S/C15H21NO2/c1-3-12-4-6-13(7-5-12)16(2)11-15(8-9-15)10-14(17)18/h4-7H,3,8-11H2,1-2H3,(H,17,18). The average molecular weight is 247 g/mol. The van der Waals surface area contributed by atoms with Gasteiger partial charge in [-0.05, 0) is 42.4 Å². The van der Waals surface area contributed by atoms with Crippen LogP contribution in [-0.2, 0) is 11.2 Å². The van der Waals surface area contributed by atoms with Gasteiger partial charge in [-0.25, -0.2) is 0 Å². The molecule has 18 heavy (non-hydrogen) atoms. The van der Waals surface area contributed by atoms with Gasteiger partial charge in [0, 0.05) is 19.3 Å². The van der Waals surface area contributed by atoms with Gasteiger partial charge in [0.25, 0.3) is 0 Å². The first kappa shape index (κ1) is 12.9. The van der Waals surface area contributed by atoms with E-state index in [2.05, 4.69) is 36.1 Å².